The van der Waals surface area contributed by atoms with Gasteiger partial charge in [-0.2, -0.15) is 0 Å². The van der Waals surface area contributed by atoms with Crippen molar-refractivity contribution in [1.29, 1.82) is 0 Å². The predicted molar refractivity (Wildman–Crippen MR) is 90.2 cm³/mol. The number of nitrogens with zero attached hydrogens (tertiary/aromatic N) is 6. The first kappa shape index (κ1) is 14.1. The average molecular weight is 341 g/mol. The summed E-state index contributed by atoms with van der Waals surface area (Å²) in [5.74, 6) is 0. The van der Waals surface area contributed by atoms with E-state index in [1.165, 1.54) is 11.8 Å². The first-order chi connectivity index (χ1) is 11.2. The molecule has 0 saturated carbocycles. The minimum Gasteiger partial charge on any atom is -0.399 e. The van der Waals surface area contributed by atoms with Crippen LogP contribution in [0.15, 0.2) is 46.2 Å². The molecule has 0 bridgehead atoms. The smallest absolute Gasteiger partial charge is 0.215 e. The summed E-state index contributed by atoms with van der Waals surface area (Å²) >= 11 is 3.00. The fourth-order valence-corrected chi connectivity index (χ4v) is 4.05. The Morgan fingerprint density at radius 1 is 1.26 bits per heavy atom. The minimum atomic E-state index is 0.676. The lowest BCUT2D eigenvalue weighted by molar-refractivity contribution is 0.664. The number of rotatable bonds is 3. The molecule has 1 aromatic carbocycles. The third-order valence-corrected chi connectivity index (χ3v) is 5.22. The number of benzene rings is 1. The number of aromatic nitrogens is 6. The molecule has 2 N–H and O–H groups in total. The van der Waals surface area contributed by atoms with Crippen LogP contribution >= 0.6 is 23.1 Å². The maximum atomic E-state index is 5.91. The number of aryl methyl sites for hydroxylation is 1. The Balaban J connectivity index is 1.89. The van der Waals surface area contributed by atoms with Gasteiger partial charge in [0, 0.05) is 23.7 Å². The van der Waals surface area contributed by atoms with Gasteiger partial charge in [0.15, 0.2) is 0 Å². The zero-order valence-corrected chi connectivity index (χ0v) is 13.7. The van der Waals surface area contributed by atoms with Crippen molar-refractivity contribution in [3.05, 3.63) is 36.0 Å². The Morgan fingerprint density at radius 3 is 2.96 bits per heavy atom. The Hall–Kier alpha value is -2.52. The highest BCUT2D eigenvalue weighted by molar-refractivity contribution is 7.99. The normalized spacial score (nSPS) is 11.2. The van der Waals surface area contributed by atoms with E-state index in [4.69, 9.17) is 5.73 Å². The first-order valence-electron chi connectivity index (χ1n) is 6.70. The van der Waals surface area contributed by atoms with E-state index in [0.29, 0.717) is 5.16 Å². The predicted octanol–water partition coefficient (Wildman–Crippen LogP) is 2.62. The van der Waals surface area contributed by atoms with Crippen LogP contribution in [0.2, 0.25) is 0 Å². The van der Waals surface area contributed by atoms with Crippen molar-refractivity contribution >= 4 is 39.0 Å². The second kappa shape index (κ2) is 5.60. The minimum absolute atomic E-state index is 0.676. The van der Waals surface area contributed by atoms with E-state index in [2.05, 4.69) is 30.9 Å². The molecular weight excluding hydrogens is 330 g/mol. The standard InChI is InChI=1S/C14H11N7S2/c1-21-14(18-19-20-21)23-13-11-10(6-22-12(11)16-7-17-13)8-3-2-4-9(15)5-8/h2-7H,15H2,1H3. The van der Waals surface area contributed by atoms with Crippen molar-refractivity contribution in [1.82, 2.24) is 30.2 Å². The van der Waals surface area contributed by atoms with Gasteiger partial charge >= 0.3 is 0 Å². The summed E-state index contributed by atoms with van der Waals surface area (Å²) in [5, 5.41) is 16.1. The number of anilines is 1. The van der Waals surface area contributed by atoms with Crippen LogP contribution in [0, 0.1) is 0 Å². The van der Waals surface area contributed by atoms with E-state index in [9.17, 15) is 0 Å². The molecule has 0 spiro atoms. The molecular formula is C14H11N7S2. The van der Waals surface area contributed by atoms with Gasteiger partial charge in [-0.05, 0) is 39.9 Å². The van der Waals surface area contributed by atoms with E-state index in [1.807, 2.05) is 24.3 Å². The summed E-state index contributed by atoms with van der Waals surface area (Å²) in [6.07, 6.45) is 1.56. The van der Waals surface area contributed by atoms with Crippen molar-refractivity contribution in [2.24, 2.45) is 7.05 Å². The number of tetrazole rings is 1. The van der Waals surface area contributed by atoms with Crippen molar-refractivity contribution in [3.63, 3.8) is 0 Å². The first-order valence-corrected chi connectivity index (χ1v) is 8.40. The highest BCUT2D eigenvalue weighted by atomic mass is 32.2. The van der Waals surface area contributed by atoms with Gasteiger partial charge in [-0.1, -0.05) is 12.1 Å². The van der Waals surface area contributed by atoms with Gasteiger partial charge in [0.1, 0.15) is 16.2 Å². The summed E-state index contributed by atoms with van der Waals surface area (Å²) in [5.41, 5.74) is 8.75. The van der Waals surface area contributed by atoms with Crippen molar-refractivity contribution in [2.45, 2.75) is 10.2 Å². The molecule has 0 unspecified atom stereocenters. The Kier molecular flexibility index (Phi) is 3.43. The molecule has 0 aliphatic heterocycles. The monoisotopic (exact) mass is 341 g/mol. The number of hydrogen-bond donors (Lipinski definition) is 1. The van der Waals surface area contributed by atoms with Gasteiger partial charge in [-0.25, -0.2) is 14.6 Å². The Morgan fingerprint density at radius 2 is 2.17 bits per heavy atom. The van der Waals surface area contributed by atoms with E-state index in [1.54, 1.807) is 29.4 Å². The third-order valence-electron chi connectivity index (χ3n) is 3.30. The summed E-state index contributed by atoms with van der Waals surface area (Å²) < 4.78 is 1.62. The van der Waals surface area contributed by atoms with Crippen LogP contribution in [0.5, 0.6) is 0 Å². The maximum absolute atomic E-state index is 5.91. The molecule has 0 fully saturated rings. The molecule has 7 nitrogen and oxygen atoms in total. The van der Waals surface area contributed by atoms with Gasteiger partial charge in [-0.3, -0.25) is 0 Å². The zero-order valence-electron chi connectivity index (χ0n) is 12.0. The number of thiophene rings is 1. The second-order valence-electron chi connectivity index (χ2n) is 4.82. The van der Waals surface area contributed by atoms with Crippen LogP contribution in [0.1, 0.15) is 0 Å². The van der Waals surface area contributed by atoms with Crippen molar-refractivity contribution in [3.8, 4) is 11.1 Å². The second-order valence-corrected chi connectivity index (χ2v) is 6.64. The van der Waals surface area contributed by atoms with Crippen LogP contribution in [-0.2, 0) is 7.05 Å². The third kappa shape index (κ3) is 2.53. The molecule has 0 aliphatic carbocycles. The number of hydrogen-bond acceptors (Lipinski definition) is 8. The Labute approximate surface area is 139 Å². The summed E-state index contributed by atoms with van der Waals surface area (Å²) in [4.78, 5) is 9.71. The molecule has 3 aromatic heterocycles. The quantitative estimate of drug-likeness (QED) is 0.452. The summed E-state index contributed by atoms with van der Waals surface area (Å²) in [6, 6.07) is 7.79. The zero-order chi connectivity index (χ0) is 15.8. The van der Waals surface area contributed by atoms with Gasteiger partial charge in [-0.15, -0.1) is 16.4 Å². The van der Waals surface area contributed by atoms with E-state index < -0.39 is 0 Å². The average Bonchev–Trinajstić information content (AvgIpc) is 3.15. The lowest BCUT2D eigenvalue weighted by Crippen LogP contribution is -1.94. The van der Waals surface area contributed by atoms with Crippen LogP contribution in [0.4, 0.5) is 5.69 Å². The Bertz CT molecular complexity index is 992. The topological polar surface area (TPSA) is 95.4 Å². The molecule has 3 heterocycles. The molecule has 0 amide bonds. The molecule has 114 valence electrons. The number of fused-ring (bicyclic) bond motifs is 1. The fraction of sp³-hybridized carbons (Fsp3) is 0.0714. The number of nitrogen functional groups attached to an aromatic ring is 1. The van der Waals surface area contributed by atoms with Gasteiger partial charge in [0.25, 0.3) is 0 Å². The summed E-state index contributed by atoms with van der Waals surface area (Å²) in [7, 11) is 1.80. The van der Waals surface area contributed by atoms with Crippen molar-refractivity contribution < 1.29 is 0 Å². The SMILES string of the molecule is Cn1nnnc1Sc1ncnc2scc(-c3cccc(N)c3)c12. The van der Waals surface area contributed by atoms with Crippen LogP contribution < -0.4 is 5.73 Å². The highest BCUT2D eigenvalue weighted by Crippen LogP contribution is 2.39. The van der Waals surface area contributed by atoms with Crippen LogP contribution in [-0.4, -0.2) is 30.2 Å². The van der Waals surface area contributed by atoms with Crippen LogP contribution in [0.3, 0.4) is 0 Å². The summed E-state index contributed by atoms with van der Waals surface area (Å²) in [6.45, 7) is 0. The molecule has 0 aliphatic rings. The van der Waals surface area contributed by atoms with Gasteiger partial charge in [0.2, 0.25) is 5.16 Å². The lowest BCUT2D eigenvalue weighted by atomic mass is 10.1. The van der Waals surface area contributed by atoms with Crippen molar-refractivity contribution in [2.75, 3.05) is 5.73 Å². The van der Waals surface area contributed by atoms with Gasteiger partial charge < -0.3 is 5.73 Å². The largest absolute Gasteiger partial charge is 0.399 e. The molecule has 0 atom stereocenters. The van der Waals surface area contributed by atoms with Crippen LogP contribution in [0.25, 0.3) is 21.3 Å². The molecule has 0 saturated heterocycles. The van der Waals surface area contributed by atoms with E-state index in [0.717, 1.165) is 32.1 Å². The molecule has 23 heavy (non-hydrogen) atoms. The lowest BCUT2D eigenvalue weighted by Gasteiger charge is -2.05. The van der Waals surface area contributed by atoms with Gasteiger partial charge in [0.05, 0.1) is 5.39 Å². The molecule has 4 aromatic rings. The maximum Gasteiger partial charge on any atom is 0.215 e. The van der Waals surface area contributed by atoms with E-state index in [-0.39, 0.29) is 0 Å². The fourth-order valence-electron chi connectivity index (χ4n) is 2.24. The number of nitrogens with two attached hydrogens (primary N) is 1. The highest BCUT2D eigenvalue weighted by Gasteiger charge is 2.16. The van der Waals surface area contributed by atoms with E-state index >= 15 is 0 Å². The molecule has 9 heteroatoms. The molecule has 0 radical (unpaired) electrons. The molecule has 4 rings (SSSR count).